The van der Waals surface area contributed by atoms with Gasteiger partial charge in [-0.3, -0.25) is 14.3 Å². The molecule has 2 aromatic rings. The largest absolute Gasteiger partial charge is 0.490 e. The van der Waals surface area contributed by atoms with Crippen LogP contribution < -0.4 is 14.4 Å². The number of allylic oxidation sites excluding steroid dienone is 1. The van der Waals surface area contributed by atoms with Crippen LogP contribution >= 0.6 is 11.6 Å². The second-order valence-electron chi connectivity index (χ2n) is 12.5. The molecule has 1 N–H and O–H groups in total. The lowest BCUT2D eigenvalue weighted by molar-refractivity contribution is -0.135. The van der Waals surface area contributed by atoms with Gasteiger partial charge in [-0.05, 0) is 106 Å². The number of fused-ring (bicyclic) bond motifs is 3. The van der Waals surface area contributed by atoms with Crippen LogP contribution in [0.4, 0.5) is 5.69 Å². The lowest BCUT2D eigenvalue weighted by Gasteiger charge is -2.48. The minimum Gasteiger partial charge on any atom is -0.490 e. The first kappa shape index (κ1) is 31.7. The highest BCUT2D eigenvalue weighted by molar-refractivity contribution is 7.84. The number of nitrogens with zero attached hydrogens (tertiary/aromatic N) is 1. The molecule has 0 aromatic heterocycles. The maximum absolute atomic E-state index is 13.1. The summed E-state index contributed by atoms with van der Waals surface area (Å²) in [6.45, 7) is 7.56. The molecule has 1 heterocycles. The summed E-state index contributed by atoms with van der Waals surface area (Å²) in [6, 6.07) is 11.6. The number of carbonyl (C=O) groups is 2. The number of aldehydes is 1. The minimum absolute atomic E-state index is 0.0405. The number of benzene rings is 2. The van der Waals surface area contributed by atoms with Crippen molar-refractivity contribution in [3.8, 4) is 5.75 Å². The van der Waals surface area contributed by atoms with Crippen molar-refractivity contribution in [2.24, 2.45) is 11.8 Å². The van der Waals surface area contributed by atoms with Crippen molar-refractivity contribution < 1.29 is 23.3 Å². The van der Waals surface area contributed by atoms with Crippen LogP contribution in [0.15, 0.2) is 48.6 Å². The number of ether oxygens (including phenoxy) is 2. The summed E-state index contributed by atoms with van der Waals surface area (Å²) in [4.78, 5) is 28.0. The number of halogens is 1. The number of methoxy groups -OCH3 is 1. The predicted octanol–water partition coefficient (Wildman–Crippen LogP) is 6.19. The van der Waals surface area contributed by atoms with Crippen LogP contribution in [0, 0.1) is 11.8 Å². The molecule has 3 unspecified atom stereocenters. The molecule has 5 rings (SSSR count). The molecule has 1 aliphatic heterocycles. The van der Waals surface area contributed by atoms with Gasteiger partial charge >= 0.3 is 0 Å². The van der Waals surface area contributed by atoms with Crippen molar-refractivity contribution >= 4 is 40.5 Å². The van der Waals surface area contributed by atoms with Crippen LogP contribution in [0.5, 0.6) is 5.75 Å². The summed E-state index contributed by atoms with van der Waals surface area (Å²) in [5.41, 5.74) is 2.58. The fourth-order valence-electron chi connectivity index (χ4n) is 7.01. The van der Waals surface area contributed by atoms with Gasteiger partial charge in [0.25, 0.3) is 5.91 Å². The number of hydrogen-bond donors (Lipinski definition) is 1. The Kier molecular flexibility index (Phi) is 9.69. The number of carbonyl (C=O) groups excluding carboxylic acids is 2. The molecule has 1 amide bonds. The quantitative estimate of drug-likeness (QED) is 0.250. The van der Waals surface area contributed by atoms with E-state index in [0.717, 1.165) is 61.3 Å². The molecule has 2 aliphatic carbocycles. The molecule has 7 nitrogen and oxygen atoms in total. The van der Waals surface area contributed by atoms with Crippen LogP contribution in [0.3, 0.4) is 0 Å². The average Bonchev–Trinajstić information content (AvgIpc) is 3.14. The topological polar surface area (TPSA) is 84.9 Å². The Bertz CT molecular complexity index is 1410. The van der Waals surface area contributed by atoms with Gasteiger partial charge in [-0.25, -0.2) is 4.21 Å². The third kappa shape index (κ3) is 6.29. The Balaban J connectivity index is 1.53. The normalized spacial score (nSPS) is 25.2. The average molecular weight is 627 g/mol. The van der Waals surface area contributed by atoms with Gasteiger partial charge < -0.3 is 14.4 Å². The van der Waals surface area contributed by atoms with Crippen LogP contribution in [-0.4, -0.2) is 54.1 Å². The maximum atomic E-state index is 13.1. The summed E-state index contributed by atoms with van der Waals surface area (Å²) in [5, 5.41) is 0.544. The van der Waals surface area contributed by atoms with Gasteiger partial charge in [-0.1, -0.05) is 30.7 Å². The molecule has 0 bridgehead atoms. The number of nitrogens with one attached hydrogen (secondary N) is 1. The maximum Gasteiger partial charge on any atom is 0.263 e. The Morgan fingerprint density at radius 3 is 2.77 bits per heavy atom. The molecule has 2 aromatic carbocycles. The lowest BCUT2D eigenvalue weighted by Crippen LogP contribution is -2.53. The molecule has 9 heteroatoms. The fraction of sp³-hybridized carbons (Fsp3) is 0.529. The van der Waals surface area contributed by atoms with Crippen molar-refractivity contribution in [2.75, 3.05) is 31.7 Å². The van der Waals surface area contributed by atoms with Crippen LogP contribution in [0.1, 0.15) is 74.4 Å². The zero-order valence-electron chi connectivity index (χ0n) is 25.6. The van der Waals surface area contributed by atoms with Gasteiger partial charge in [0.05, 0.1) is 12.3 Å². The van der Waals surface area contributed by atoms with Crippen molar-refractivity contribution in [1.29, 1.82) is 0 Å². The summed E-state index contributed by atoms with van der Waals surface area (Å²) >= 11 is 6.41. The lowest BCUT2D eigenvalue weighted by atomic mass is 9.64. The Labute approximate surface area is 262 Å². The van der Waals surface area contributed by atoms with E-state index in [9.17, 15) is 13.8 Å². The molecule has 43 heavy (non-hydrogen) atoms. The molecule has 3 aliphatic rings. The predicted molar refractivity (Wildman–Crippen MR) is 172 cm³/mol. The molecule has 232 valence electrons. The third-order valence-corrected chi connectivity index (χ3v) is 11.0. The zero-order valence-corrected chi connectivity index (χ0v) is 27.1. The van der Waals surface area contributed by atoms with Crippen LogP contribution in [0.25, 0.3) is 0 Å². The molecule has 1 saturated carbocycles. The number of amides is 1. The smallest absolute Gasteiger partial charge is 0.263 e. The summed E-state index contributed by atoms with van der Waals surface area (Å²) in [7, 11) is 0.133. The van der Waals surface area contributed by atoms with Gasteiger partial charge in [-0.2, -0.15) is 0 Å². The number of hydrogen-bond acceptors (Lipinski definition) is 6. The SMILES string of the molecule is CC/C=C/[C@@](C=O)(OC)C1CCC1CN1C[C@@]2(CCCc3cc(Cl)ccc32)COc2ccc(C(=O)NS(=O)C(C)C)cc21. The minimum atomic E-state index is -1.48. The van der Waals surface area contributed by atoms with Gasteiger partial charge in [0.1, 0.15) is 22.3 Å². The van der Waals surface area contributed by atoms with Gasteiger partial charge in [-0.15, -0.1) is 0 Å². The Morgan fingerprint density at radius 2 is 2.09 bits per heavy atom. The van der Waals surface area contributed by atoms with Crippen LogP contribution in [0.2, 0.25) is 5.02 Å². The Hall–Kier alpha value is -2.68. The van der Waals surface area contributed by atoms with E-state index in [1.807, 2.05) is 51.1 Å². The van der Waals surface area contributed by atoms with Gasteiger partial charge in [0.15, 0.2) is 6.29 Å². The first-order valence-electron chi connectivity index (χ1n) is 15.4. The second-order valence-corrected chi connectivity index (χ2v) is 14.7. The van der Waals surface area contributed by atoms with E-state index in [-0.39, 0.29) is 28.4 Å². The fourth-order valence-corrected chi connectivity index (χ4v) is 7.74. The molecular weight excluding hydrogens is 584 g/mol. The molecule has 1 fully saturated rings. The van der Waals surface area contributed by atoms with E-state index in [4.69, 9.17) is 21.1 Å². The third-order valence-electron chi connectivity index (χ3n) is 9.52. The highest BCUT2D eigenvalue weighted by Gasteiger charge is 2.49. The second kappa shape index (κ2) is 13.1. The van der Waals surface area contributed by atoms with Gasteiger partial charge in [0, 0.05) is 47.4 Å². The van der Waals surface area contributed by atoms with Crippen molar-refractivity contribution in [3.05, 3.63) is 70.3 Å². The van der Waals surface area contributed by atoms with Crippen molar-refractivity contribution in [3.63, 3.8) is 0 Å². The highest BCUT2D eigenvalue weighted by atomic mass is 35.5. The van der Waals surface area contributed by atoms with E-state index in [1.165, 1.54) is 11.1 Å². The summed E-state index contributed by atoms with van der Waals surface area (Å²) in [5.74, 6) is 0.583. The van der Waals surface area contributed by atoms with Crippen molar-refractivity contribution in [2.45, 2.75) is 75.6 Å². The van der Waals surface area contributed by atoms with E-state index in [2.05, 4.69) is 21.8 Å². The van der Waals surface area contributed by atoms with Crippen LogP contribution in [-0.2, 0) is 32.4 Å². The molecule has 0 radical (unpaired) electrons. The number of aryl methyl sites for hydroxylation is 1. The molecule has 5 atom stereocenters. The summed E-state index contributed by atoms with van der Waals surface area (Å²) in [6.07, 6.45) is 10.6. The number of rotatable bonds is 10. The molecular formula is C34H43ClN2O5S. The highest BCUT2D eigenvalue weighted by Crippen LogP contribution is 2.48. The van der Waals surface area contributed by atoms with Gasteiger partial charge in [0.2, 0.25) is 0 Å². The summed E-state index contributed by atoms with van der Waals surface area (Å²) < 4.78 is 27.5. The standard InChI is InChI=1S/C34H43ClN2O5S/c1-5-6-16-34(21-38,41-4)29-12-9-26(29)19-37-20-33(15-7-8-24-17-27(35)11-13-28(24)33)22-42-31-14-10-25(18-30(31)37)32(39)36-43(40)23(2)3/h6,10-11,13-14,16-18,21,23,26,29H,5,7-9,12,15,19-20,22H2,1-4H3,(H,36,39)/b16-6+/t26?,29?,33-,34-,43?/m0/s1. The van der Waals surface area contributed by atoms with E-state index >= 15 is 0 Å². The first-order chi connectivity index (χ1) is 20.6. The Morgan fingerprint density at radius 1 is 1.28 bits per heavy atom. The van der Waals surface area contributed by atoms with Crippen molar-refractivity contribution in [1.82, 2.24) is 4.72 Å². The van der Waals surface area contributed by atoms with E-state index in [0.29, 0.717) is 25.3 Å². The van der Waals surface area contributed by atoms with E-state index < -0.39 is 16.6 Å². The molecule has 0 saturated heterocycles. The van der Waals surface area contributed by atoms with E-state index in [1.54, 1.807) is 13.2 Å². The first-order valence-corrected chi connectivity index (χ1v) is 17.0. The molecule has 1 spiro atoms. The number of anilines is 1. The monoisotopic (exact) mass is 626 g/mol. The zero-order chi connectivity index (χ0) is 30.8.